The van der Waals surface area contributed by atoms with Gasteiger partial charge in [-0.3, -0.25) is 4.79 Å². The number of carbonyl (C=O) groups excluding carboxylic acids is 2. The maximum absolute atomic E-state index is 12.2. The Morgan fingerprint density at radius 1 is 1.43 bits per heavy atom. The number of anilines is 1. The van der Waals surface area contributed by atoms with Crippen molar-refractivity contribution in [2.45, 2.75) is 39.3 Å². The monoisotopic (exact) mass is 323 g/mol. The standard InChI is InChI=1S/C15H21N3O5/c1-4-10(2)18-13(5-6-16-18)17-14(19)11(3)23-15(20)12-9-21-7-8-22-12/h5-6,9-11H,4,7-8H2,1-3H3,(H,17,19). The molecular weight excluding hydrogens is 302 g/mol. The molecule has 2 atom stereocenters. The fourth-order valence-electron chi connectivity index (χ4n) is 1.91. The zero-order valence-corrected chi connectivity index (χ0v) is 13.4. The molecule has 23 heavy (non-hydrogen) atoms. The number of hydrogen-bond acceptors (Lipinski definition) is 6. The Labute approximate surface area is 134 Å². The molecule has 0 saturated heterocycles. The van der Waals surface area contributed by atoms with E-state index in [1.54, 1.807) is 16.9 Å². The summed E-state index contributed by atoms with van der Waals surface area (Å²) in [6, 6.07) is 1.84. The van der Waals surface area contributed by atoms with Gasteiger partial charge < -0.3 is 19.5 Å². The highest BCUT2D eigenvalue weighted by molar-refractivity contribution is 5.96. The van der Waals surface area contributed by atoms with Crippen LogP contribution in [-0.2, 0) is 23.8 Å². The van der Waals surface area contributed by atoms with Gasteiger partial charge >= 0.3 is 5.97 Å². The van der Waals surface area contributed by atoms with Crippen LogP contribution in [0.5, 0.6) is 0 Å². The number of rotatable bonds is 6. The van der Waals surface area contributed by atoms with Crippen molar-refractivity contribution in [3.63, 3.8) is 0 Å². The summed E-state index contributed by atoms with van der Waals surface area (Å²) in [5.74, 6) is -0.659. The lowest BCUT2D eigenvalue weighted by Gasteiger charge is -2.18. The second-order valence-corrected chi connectivity index (χ2v) is 5.16. The van der Waals surface area contributed by atoms with E-state index in [2.05, 4.69) is 10.4 Å². The topological polar surface area (TPSA) is 91.7 Å². The number of nitrogens with one attached hydrogen (secondary N) is 1. The van der Waals surface area contributed by atoms with Gasteiger partial charge in [-0.15, -0.1) is 0 Å². The molecule has 1 N–H and O–H groups in total. The minimum absolute atomic E-state index is 0.0412. The second-order valence-electron chi connectivity index (χ2n) is 5.16. The first-order chi connectivity index (χ1) is 11.0. The Bertz CT molecular complexity index is 596. The molecule has 8 heteroatoms. The Kier molecular flexibility index (Phi) is 5.61. The minimum Gasteiger partial charge on any atom is -0.493 e. The van der Waals surface area contributed by atoms with E-state index in [1.165, 1.54) is 13.2 Å². The van der Waals surface area contributed by atoms with Crippen LogP contribution in [0.15, 0.2) is 24.3 Å². The van der Waals surface area contributed by atoms with Crippen LogP contribution in [0.2, 0.25) is 0 Å². The van der Waals surface area contributed by atoms with Gasteiger partial charge in [-0.2, -0.15) is 5.10 Å². The van der Waals surface area contributed by atoms with Gasteiger partial charge in [-0.25, -0.2) is 9.48 Å². The largest absolute Gasteiger partial charge is 0.493 e. The van der Waals surface area contributed by atoms with E-state index < -0.39 is 18.0 Å². The van der Waals surface area contributed by atoms with Crippen molar-refractivity contribution in [2.24, 2.45) is 0 Å². The Morgan fingerprint density at radius 2 is 2.22 bits per heavy atom. The van der Waals surface area contributed by atoms with Gasteiger partial charge in [0.25, 0.3) is 5.91 Å². The normalized spacial score (nSPS) is 16.4. The lowest BCUT2D eigenvalue weighted by Crippen LogP contribution is -2.32. The molecular formula is C15H21N3O5. The lowest BCUT2D eigenvalue weighted by molar-refractivity contribution is -0.153. The fourth-order valence-corrected chi connectivity index (χ4v) is 1.91. The minimum atomic E-state index is -0.978. The molecule has 1 aliphatic heterocycles. The molecule has 2 heterocycles. The molecule has 1 amide bonds. The highest BCUT2D eigenvalue weighted by atomic mass is 16.6. The molecule has 0 spiro atoms. The van der Waals surface area contributed by atoms with Crippen LogP contribution in [0.1, 0.15) is 33.2 Å². The Morgan fingerprint density at radius 3 is 2.87 bits per heavy atom. The van der Waals surface area contributed by atoms with Crippen LogP contribution in [0.3, 0.4) is 0 Å². The molecule has 2 rings (SSSR count). The number of esters is 1. The molecule has 0 fully saturated rings. The molecule has 126 valence electrons. The first kappa shape index (κ1) is 16.9. The smallest absolute Gasteiger partial charge is 0.377 e. The molecule has 8 nitrogen and oxygen atoms in total. The summed E-state index contributed by atoms with van der Waals surface area (Å²) in [7, 11) is 0. The number of carbonyl (C=O) groups is 2. The van der Waals surface area contributed by atoms with E-state index in [1.807, 2.05) is 13.8 Å². The van der Waals surface area contributed by atoms with Gasteiger partial charge in [-0.1, -0.05) is 6.92 Å². The van der Waals surface area contributed by atoms with Gasteiger partial charge in [-0.05, 0) is 20.3 Å². The van der Waals surface area contributed by atoms with Gasteiger partial charge in [0.15, 0.2) is 6.10 Å². The predicted molar refractivity (Wildman–Crippen MR) is 81.4 cm³/mol. The number of hydrogen-bond donors (Lipinski definition) is 1. The number of amides is 1. The van der Waals surface area contributed by atoms with Crippen molar-refractivity contribution in [3.05, 3.63) is 24.3 Å². The van der Waals surface area contributed by atoms with E-state index in [9.17, 15) is 9.59 Å². The fraction of sp³-hybridized carbons (Fsp3) is 0.533. The molecule has 0 saturated carbocycles. The molecule has 0 aliphatic carbocycles. The Hall–Kier alpha value is -2.51. The van der Waals surface area contributed by atoms with Crippen LogP contribution in [0.25, 0.3) is 0 Å². The molecule has 0 bridgehead atoms. The Balaban J connectivity index is 1.94. The number of nitrogens with zero attached hydrogens (tertiary/aromatic N) is 2. The summed E-state index contributed by atoms with van der Waals surface area (Å²) in [4.78, 5) is 24.0. The van der Waals surface area contributed by atoms with E-state index in [4.69, 9.17) is 14.2 Å². The average molecular weight is 323 g/mol. The van der Waals surface area contributed by atoms with E-state index >= 15 is 0 Å². The summed E-state index contributed by atoms with van der Waals surface area (Å²) in [5.41, 5.74) is 0. The van der Waals surface area contributed by atoms with Crippen molar-refractivity contribution in [1.82, 2.24) is 9.78 Å². The molecule has 1 aromatic heterocycles. The molecule has 0 aromatic carbocycles. The van der Waals surface area contributed by atoms with Gasteiger partial charge in [0.2, 0.25) is 5.76 Å². The van der Waals surface area contributed by atoms with Crippen molar-refractivity contribution in [2.75, 3.05) is 18.5 Å². The quantitative estimate of drug-likeness (QED) is 0.800. The zero-order valence-electron chi connectivity index (χ0n) is 13.4. The van der Waals surface area contributed by atoms with E-state index in [0.29, 0.717) is 12.4 Å². The first-order valence-electron chi connectivity index (χ1n) is 7.52. The maximum atomic E-state index is 12.2. The first-order valence-corrected chi connectivity index (χ1v) is 7.52. The molecule has 0 radical (unpaired) electrons. The van der Waals surface area contributed by atoms with Gasteiger partial charge in [0.05, 0.1) is 12.2 Å². The third-order valence-electron chi connectivity index (χ3n) is 3.43. The van der Waals surface area contributed by atoms with E-state index in [-0.39, 0.29) is 18.4 Å². The van der Waals surface area contributed by atoms with Gasteiger partial charge in [0, 0.05) is 6.07 Å². The van der Waals surface area contributed by atoms with E-state index in [0.717, 1.165) is 6.42 Å². The lowest BCUT2D eigenvalue weighted by atomic mass is 10.3. The second kappa shape index (κ2) is 7.66. The summed E-state index contributed by atoms with van der Waals surface area (Å²) >= 11 is 0. The molecule has 1 aromatic rings. The number of aromatic nitrogens is 2. The SMILES string of the molecule is CCC(C)n1nccc1NC(=O)C(C)OC(=O)C1=COCCO1. The third kappa shape index (κ3) is 4.24. The predicted octanol–water partition coefficient (Wildman–Crippen LogP) is 1.61. The van der Waals surface area contributed by atoms with Crippen molar-refractivity contribution < 1.29 is 23.8 Å². The third-order valence-corrected chi connectivity index (χ3v) is 3.43. The van der Waals surface area contributed by atoms with Crippen LogP contribution >= 0.6 is 0 Å². The van der Waals surface area contributed by atoms with Crippen molar-refractivity contribution in [3.8, 4) is 0 Å². The van der Waals surface area contributed by atoms with Crippen molar-refractivity contribution >= 4 is 17.7 Å². The molecule has 2 unspecified atom stereocenters. The van der Waals surface area contributed by atoms with Crippen LogP contribution in [-0.4, -0.2) is 41.0 Å². The average Bonchev–Trinajstić information content (AvgIpc) is 3.02. The highest BCUT2D eigenvalue weighted by Gasteiger charge is 2.24. The zero-order chi connectivity index (χ0) is 16.8. The van der Waals surface area contributed by atoms with Crippen LogP contribution < -0.4 is 5.32 Å². The number of ether oxygens (including phenoxy) is 3. The van der Waals surface area contributed by atoms with Crippen LogP contribution in [0.4, 0.5) is 5.82 Å². The highest BCUT2D eigenvalue weighted by Crippen LogP contribution is 2.17. The summed E-state index contributed by atoms with van der Waals surface area (Å²) in [6.45, 7) is 6.17. The summed E-state index contributed by atoms with van der Waals surface area (Å²) in [5, 5.41) is 6.89. The summed E-state index contributed by atoms with van der Waals surface area (Å²) in [6.07, 6.45) is 2.69. The molecule has 1 aliphatic rings. The van der Waals surface area contributed by atoms with Gasteiger partial charge in [0.1, 0.15) is 25.3 Å². The summed E-state index contributed by atoms with van der Waals surface area (Å²) < 4.78 is 16.9. The van der Waals surface area contributed by atoms with Crippen LogP contribution in [0, 0.1) is 0 Å². The maximum Gasteiger partial charge on any atom is 0.377 e. The van der Waals surface area contributed by atoms with Crippen molar-refractivity contribution in [1.29, 1.82) is 0 Å².